The maximum absolute atomic E-state index is 12.4. The van der Waals surface area contributed by atoms with E-state index in [4.69, 9.17) is 4.74 Å². The molecule has 1 aromatic heterocycles. The molecule has 6 nitrogen and oxygen atoms in total. The molecule has 0 spiro atoms. The van der Waals surface area contributed by atoms with E-state index in [0.717, 1.165) is 43.0 Å². The number of hydrogen-bond acceptors (Lipinski definition) is 5. The van der Waals surface area contributed by atoms with Crippen molar-refractivity contribution in [3.63, 3.8) is 0 Å². The second-order valence-electron chi connectivity index (χ2n) is 7.15. The SMILES string of the molecule is Cc1cnc(C)c(NCC2CCCCN2C(=O)OC(C)(C)C)n1. The molecule has 1 aromatic rings. The molecule has 1 atom stereocenters. The fourth-order valence-electron chi connectivity index (χ4n) is 2.69. The highest BCUT2D eigenvalue weighted by molar-refractivity contribution is 5.68. The van der Waals surface area contributed by atoms with Gasteiger partial charge in [0.1, 0.15) is 11.4 Å². The lowest BCUT2D eigenvalue weighted by atomic mass is 10.0. The number of amides is 1. The standard InChI is InChI=1S/C17H28N4O2/c1-12-10-18-13(2)15(20-12)19-11-14-8-6-7-9-21(14)16(22)23-17(3,4)5/h10,14H,6-9,11H2,1-5H3,(H,19,20). The van der Waals surface area contributed by atoms with E-state index < -0.39 is 5.60 Å². The van der Waals surface area contributed by atoms with E-state index in [0.29, 0.717) is 6.54 Å². The Hall–Kier alpha value is -1.85. The van der Waals surface area contributed by atoms with E-state index in [1.807, 2.05) is 39.5 Å². The maximum Gasteiger partial charge on any atom is 0.410 e. The number of carbonyl (C=O) groups excluding carboxylic acids is 1. The van der Waals surface area contributed by atoms with Crippen LogP contribution in [-0.2, 0) is 4.74 Å². The number of piperidine rings is 1. The molecule has 0 saturated carbocycles. The van der Waals surface area contributed by atoms with Crippen LogP contribution in [-0.4, -0.2) is 45.7 Å². The van der Waals surface area contributed by atoms with Crippen LogP contribution in [0.2, 0.25) is 0 Å². The van der Waals surface area contributed by atoms with Crippen LogP contribution in [0, 0.1) is 13.8 Å². The van der Waals surface area contributed by atoms with Gasteiger partial charge in [-0.1, -0.05) is 0 Å². The fourth-order valence-corrected chi connectivity index (χ4v) is 2.69. The van der Waals surface area contributed by atoms with E-state index in [1.165, 1.54) is 0 Å². The third-order valence-corrected chi connectivity index (χ3v) is 3.84. The highest BCUT2D eigenvalue weighted by Crippen LogP contribution is 2.21. The van der Waals surface area contributed by atoms with Crippen molar-refractivity contribution in [3.8, 4) is 0 Å². The first-order valence-corrected chi connectivity index (χ1v) is 8.30. The molecule has 23 heavy (non-hydrogen) atoms. The quantitative estimate of drug-likeness (QED) is 0.925. The Balaban J connectivity index is 2.01. The van der Waals surface area contributed by atoms with Gasteiger partial charge in [0.25, 0.3) is 0 Å². The second-order valence-corrected chi connectivity index (χ2v) is 7.15. The minimum absolute atomic E-state index is 0.125. The van der Waals surface area contributed by atoms with Gasteiger partial charge in [0.05, 0.1) is 17.4 Å². The number of nitrogens with zero attached hydrogens (tertiary/aromatic N) is 3. The predicted octanol–water partition coefficient (Wildman–Crippen LogP) is 3.29. The van der Waals surface area contributed by atoms with Crippen molar-refractivity contribution in [1.82, 2.24) is 14.9 Å². The van der Waals surface area contributed by atoms with Crippen molar-refractivity contribution in [2.75, 3.05) is 18.4 Å². The summed E-state index contributed by atoms with van der Waals surface area (Å²) in [4.78, 5) is 23.0. The molecule has 0 radical (unpaired) electrons. The van der Waals surface area contributed by atoms with Gasteiger partial charge in [-0.2, -0.15) is 0 Å². The number of hydrogen-bond donors (Lipinski definition) is 1. The molecular weight excluding hydrogens is 292 g/mol. The largest absolute Gasteiger partial charge is 0.444 e. The Bertz CT molecular complexity index is 554. The minimum atomic E-state index is -0.467. The first-order chi connectivity index (χ1) is 10.8. The molecule has 2 rings (SSSR count). The molecule has 1 N–H and O–H groups in total. The van der Waals surface area contributed by atoms with Crippen molar-refractivity contribution in [3.05, 3.63) is 17.6 Å². The Morgan fingerprint density at radius 3 is 2.83 bits per heavy atom. The topological polar surface area (TPSA) is 67.4 Å². The van der Waals surface area contributed by atoms with E-state index in [1.54, 1.807) is 6.20 Å². The van der Waals surface area contributed by atoms with E-state index >= 15 is 0 Å². The van der Waals surface area contributed by atoms with E-state index in [2.05, 4.69) is 15.3 Å². The average molecular weight is 320 g/mol. The molecule has 1 fully saturated rings. The van der Waals surface area contributed by atoms with Gasteiger partial charge in [-0.15, -0.1) is 0 Å². The van der Waals surface area contributed by atoms with Gasteiger partial charge in [0.15, 0.2) is 0 Å². The lowest BCUT2D eigenvalue weighted by Crippen LogP contribution is -2.49. The van der Waals surface area contributed by atoms with Crippen molar-refractivity contribution in [2.24, 2.45) is 0 Å². The number of anilines is 1. The van der Waals surface area contributed by atoms with Crippen LogP contribution in [0.4, 0.5) is 10.6 Å². The third-order valence-electron chi connectivity index (χ3n) is 3.84. The lowest BCUT2D eigenvalue weighted by Gasteiger charge is -2.37. The zero-order chi connectivity index (χ0) is 17.0. The molecule has 1 aliphatic heterocycles. The summed E-state index contributed by atoms with van der Waals surface area (Å²) in [6.07, 6.45) is 4.66. The molecule has 1 unspecified atom stereocenters. The molecule has 0 aliphatic carbocycles. The first kappa shape index (κ1) is 17.5. The zero-order valence-electron chi connectivity index (χ0n) is 14.8. The third kappa shape index (κ3) is 5.08. The summed E-state index contributed by atoms with van der Waals surface area (Å²) in [6.45, 7) is 11.0. The summed E-state index contributed by atoms with van der Waals surface area (Å²) in [7, 11) is 0. The van der Waals surface area contributed by atoms with Gasteiger partial charge in [-0.25, -0.2) is 9.78 Å². The van der Waals surface area contributed by atoms with Gasteiger partial charge >= 0.3 is 6.09 Å². The average Bonchev–Trinajstić information content (AvgIpc) is 2.47. The normalized spacial score (nSPS) is 18.7. The summed E-state index contributed by atoms with van der Waals surface area (Å²) >= 11 is 0. The second kappa shape index (κ2) is 7.15. The van der Waals surface area contributed by atoms with Gasteiger partial charge in [0, 0.05) is 19.3 Å². The van der Waals surface area contributed by atoms with Crippen molar-refractivity contribution < 1.29 is 9.53 Å². The lowest BCUT2D eigenvalue weighted by molar-refractivity contribution is 0.0114. The van der Waals surface area contributed by atoms with Crippen LogP contribution >= 0.6 is 0 Å². The molecule has 1 aliphatic rings. The molecule has 0 aromatic carbocycles. The summed E-state index contributed by atoms with van der Waals surface area (Å²) in [5, 5.41) is 3.35. The van der Waals surface area contributed by atoms with Gasteiger partial charge in [0.2, 0.25) is 0 Å². The number of likely N-dealkylation sites (tertiary alicyclic amines) is 1. The zero-order valence-corrected chi connectivity index (χ0v) is 14.8. The number of carbonyl (C=O) groups is 1. The van der Waals surface area contributed by atoms with Gasteiger partial charge in [-0.3, -0.25) is 4.98 Å². The molecule has 1 saturated heterocycles. The fraction of sp³-hybridized carbons (Fsp3) is 0.706. The Kier molecular flexibility index (Phi) is 5.44. The first-order valence-electron chi connectivity index (χ1n) is 8.30. The van der Waals surface area contributed by atoms with Crippen LogP contribution in [0.1, 0.15) is 51.4 Å². The molecule has 0 bridgehead atoms. The maximum atomic E-state index is 12.4. The van der Waals surface area contributed by atoms with Crippen molar-refractivity contribution in [1.29, 1.82) is 0 Å². The number of rotatable bonds is 3. The highest BCUT2D eigenvalue weighted by Gasteiger charge is 2.30. The number of aryl methyl sites for hydroxylation is 2. The molecule has 128 valence electrons. The molecule has 2 heterocycles. The van der Waals surface area contributed by atoms with E-state index in [-0.39, 0.29) is 12.1 Å². The van der Waals surface area contributed by atoms with Crippen molar-refractivity contribution >= 4 is 11.9 Å². The Morgan fingerprint density at radius 1 is 1.39 bits per heavy atom. The predicted molar refractivity (Wildman–Crippen MR) is 90.6 cm³/mol. The van der Waals surface area contributed by atoms with Crippen LogP contribution in [0.5, 0.6) is 0 Å². The monoisotopic (exact) mass is 320 g/mol. The van der Waals surface area contributed by atoms with Gasteiger partial charge in [-0.05, 0) is 53.9 Å². The molecular formula is C17H28N4O2. The highest BCUT2D eigenvalue weighted by atomic mass is 16.6. The number of nitrogens with one attached hydrogen (secondary N) is 1. The number of ether oxygens (including phenoxy) is 1. The summed E-state index contributed by atoms with van der Waals surface area (Å²) in [5.74, 6) is 0.791. The molecule has 1 amide bonds. The van der Waals surface area contributed by atoms with Crippen LogP contribution in [0.25, 0.3) is 0 Å². The van der Waals surface area contributed by atoms with E-state index in [9.17, 15) is 4.79 Å². The Labute approximate surface area is 138 Å². The smallest absolute Gasteiger partial charge is 0.410 e. The summed E-state index contributed by atoms with van der Waals surface area (Å²) in [6, 6.07) is 0.125. The summed E-state index contributed by atoms with van der Waals surface area (Å²) in [5.41, 5.74) is 1.28. The van der Waals surface area contributed by atoms with Crippen LogP contribution < -0.4 is 5.32 Å². The molecule has 6 heteroatoms. The number of aromatic nitrogens is 2. The van der Waals surface area contributed by atoms with Crippen molar-refractivity contribution in [2.45, 2.75) is 65.5 Å². The minimum Gasteiger partial charge on any atom is -0.444 e. The summed E-state index contributed by atoms with van der Waals surface area (Å²) < 4.78 is 5.53. The van der Waals surface area contributed by atoms with Crippen LogP contribution in [0.3, 0.4) is 0 Å². The van der Waals surface area contributed by atoms with Gasteiger partial charge < -0.3 is 15.0 Å². The van der Waals surface area contributed by atoms with Crippen LogP contribution in [0.15, 0.2) is 6.20 Å². The Morgan fingerprint density at radius 2 is 2.13 bits per heavy atom.